The summed E-state index contributed by atoms with van der Waals surface area (Å²) < 4.78 is 0. The molecule has 0 aliphatic heterocycles. The Balaban J connectivity index is 2.98. The number of aromatic nitrogens is 1. The maximum atomic E-state index is 9.63. The quantitative estimate of drug-likeness (QED) is 0.756. The number of nitrogens with zero attached hydrogens (tertiary/aromatic N) is 1. The standard InChI is InChI=1S/C10H15NOS/c1-4-9(12)8-6-11-10(13-3)5-7(8)2/h5-6,9,12H,4H2,1-3H3. The molecule has 0 radical (unpaired) electrons. The highest BCUT2D eigenvalue weighted by molar-refractivity contribution is 7.98. The number of hydrogen-bond donors (Lipinski definition) is 1. The van der Waals surface area contributed by atoms with Gasteiger partial charge in [0.15, 0.2) is 0 Å². The van der Waals surface area contributed by atoms with Crippen LogP contribution in [0.4, 0.5) is 0 Å². The van der Waals surface area contributed by atoms with Crippen LogP contribution < -0.4 is 0 Å². The molecule has 13 heavy (non-hydrogen) atoms. The molecule has 0 aliphatic rings. The predicted octanol–water partition coefficient (Wildman–Crippen LogP) is 2.56. The third kappa shape index (κ3) is 2.45. The molecule has 72 valence electrons. The van der Waals surface area contributed by atoms with E-state index in [1.54, 1.807) is 18.0 Å². The van der Waals surface area contributed by atoms with Gasteiger partial charge in [-0.15, -0.1) is 11.8 Å². The molecule has 1 heterocycles. The van der Waals surface area contributed by atoms with Crippen LogP contribution in [0.2, 0.25) is 0 Å². The summed E-state index contributed by atoms with van der Waals surface area (Å²) in [4.78, 5) is 4.23. The first-order chi connectivity index (χ1) is 6.19. The van der Waals surface area contributed by atoms with Crippen molar-refractivity contribution in [2.24, 2.45) is 0 Å². The number of aliphatic hydroxyl groups is 1. The summed E-state index contributed by atoms with van der Waals surface area (Å²) in [7, 11) is 0. The zero-order valence-electron chi connectivity index (χ0n) is 8.24. The number of hydrogen-bond acceptors (Lipinski definition) is 3. The van der Waals surface area contributed by atoms with E-state index in [4.69, 9.17) is 0 Å². The molecule has 0 fully saturated rings. The summed E-state index contributed by atoms with van der Waals surface area (Å²) in [5, 5.41) is 10.6. The largest absolute Gasteiger partial charge is 0.388 e. The minimum atomic E-state index is -0.372. The molecule has 0 saturated heterocycles. The van der Waals surface area contributed by atoms with Gasteiger partial charge in [0.05, 0.1) is 11.1 Å². The SMILES string of the molecule is CCC(O)c1cnc(SC)cc1C. The summed E-state index contributed by atoms with van der Waals surface area (Å²) >= 11 is 1.62. The summed E-state index contributed by atoms with van der Waals surface area (Å²) in [5.74, 6) is 0. The van der Waals surface area contributed by atoms with Crippen LogP contribution in [0.15, 0.2) is 17.3 Å². The lowest BCUT2D eigenvalue weighted by Crippen LogP contribution is -1.99. The van der Waals surface area contributed by atoms with Crippen LogP contribution in [0.3, 0.4) is 0 Å². The molecule has 1 aromatic heterocycles. The van der Waals surface area contributed by atoms with Crippen molar-refractivity contribution in [2.75, 3.05) is 6.26 Å². The number of aliphatic hydroxyl groups excluding tert-OH is 1. The minimum absolute atomic E-state index is 0.372. The van der Waals surface area contributed by atoms with Gasteiger partial charge in [-0.1, -0.05) is 6.92 Å². The Hall–Kier alpha value is -0.540. The summed E-state index contributed by atoms with van der Waals surface area (Å²) in [6, 6.07) is 2.01. The van der Waals surface area contributed by atoms with Gasteiger partial charge in [0.2, 0.25) is 0 Å². The van der Waals surface area contributed by atoms with E-state index in [9.17, 15) is 5.11 Å². The summed E-state index contributed by atoms with van der Waals surface area (Å²) in [6.45, 7) is 3.97. The van der Waals surface area contributed by atoms with Crippen LogP contribution in [0.1, 0.15) is 30.6 Å². The Morgan fingerprint density at radius 3 is 2.77 bits per heavy atom. The van der Waals surface area contributed by atoms with E-state index in [-0.39, 0.29) is 6.10 Å². The fourth-order valence-electron chi connectivity index (χ4n) is 1.22. The number of pyridine rings is 1. The molecule has 0 bridgehead atoms. The highest BCUT2D eigenvalue weighted by Gasteiger charge is 2.08. The van der Waals surface area contributed by atoms with Crippen molar-refractivity contribution < 1.29 is 5.11 Å². The minimum Gasteiger partial charge on any atom is -0.388 e. The number of rotatable bonds is 3. The first-order valence-corrected chi connectivity index (χ1v) is 5.60. The topological polar surface area (TPSA) is 33.1 Å². The molecular formula is C10H15NOS. The van der Waals surface area contributed by atoms with Gasteiger partial charge in [0.25, 0.3) is 0 Å². The van der Waals surface area contributed by atoms with E-state index in [0.717, 1.165) is 22.6 Å². The molecule has 0 spiro atoms. The smallest absolute Gasteiger partial charge is 0.0959 e. The Kier molecular flexibility index (Phi) is 3.75. The second-order valence-corrected chi connectivity index (χ2v) is 3.83. The van der Waals surface area contributed by atoms with Crippen molar-refractivity contribution in [2.45, 2.75) is 31.4 Å². The van der Waals surface area contributed by atoms with Crippen molar-refractivity contribution in [1.29, 1.82) is 0 Å². The van der Waals surface area contributed by atoms with Crippen LogP contribution >= 0.6 is 11.8 Å². The first kappa shape index (κ1) is 10.5. The van der Waals surface area contributed by atoms with Gasteiger partial charge < -0.3 is 5.11 Å². The van der Waals surface area contributed by atoms with Gasteiger partial charge in [-0.3, -0.25) is 0 Å². The lowest BCUT2D eigenvalue weighted by atomic mass is 10.1. The predicted molar refractivity (Wildman–Crippen MR) is 56.0 cm³/mol. The summed E-state index contributed by atoms with van der Waals surface area (Å²) in [6.07, 6.45) is 4.14. The molecule has 0 aliphatic carbocycles. The third-order valence-corrected chi connectivity index (χ3v) is 2.72. The van der Waals surface area contributed by atoms with Crippen molar-refractivity contribution >= 4 is 11.8 Å². The Labute approximate surface area is 83.4 Å². The van der Waals surface area contributed by atoms with Crippen LogP contribution in [-0.4, -0.2) is 16.3 Å². The molecule has 1 unspecified atom stereocenters. The van der Waals surface area contributed by atoms with E-state index in [1.807, 2.05) is 26.2 Å². The molecular weight excluding hydrogens is 182 g/mol. The third-order valence-electron chi connectivity index (χ3n) is 2.08. The molecule has 1 atom stereocenters. The zero-order chi connectivity index (χ0) is 9.84. The van der Waals surface area contributed by atoms with E-state index >= 15 is 0 Å². The average molecular weight is 197 g/mol. The molecule has 0 saturated carbocycles. The maximum Gasteiger partial charge on any atom is 0.0959 e. The lowest BCUT2D eigenvalue weighted by molar-refractivity contribution is 0.172. The normalized spacial score (nSPS) is 12.9. The van der Waals surface area contributed by atoms with Gasteiger partial charge >= 0.3 is 0 Å². The highest BCUT2D eigenvalue weighted by Crippen LogP contribution is 2.22. The monoisotopic (exact) mass is 197 g/mol. The zero-order valence-corrected chi connectivity index (χ0v) is 9.06. The van der Waals surface area contributed by atoms with E-state index in [2.05, 4.69) is 4.98 Å². The van der Waals surface area contributed by atoms with Crippen LogP contribution in [0, 0.1) is 6.92 Å². The summed E-state index contributed by atoms with van der Waals surface area (Å²) in [5.41, 5.74) is 2.06. The maximum absolute atomic E-state index is 9.63. The van der Waals surface area contributed by atoms with Crippen LogP contribution in [0.5, 0.6) is 0 Å². The van der Waals surface area contributed by atoms with E-state index in [0.29, 0.717) is 0 Å². The van der Waals surface area contributed by atoms with Gasteiger partial charge in [0.1, 0.15) is 0 Å². The van der Waals surface area contributed by atoms with Gasteiger partial charge in [-0.2, -0.15) is 0 Å². The van der Waals surface area contributed by atoms with E-state index in [1.165, 1.54) is 0 Å². The van der Waals surface area contributed by atoms with Crippen molar-refractivity contribution in [3.8, 4) is 0 Å². The first-order valence-electron chi connectivity index (χ1n) is 4.37. The fourth-order valence-corrected chi connectivity index (χ4v) is 1.67. The second-order valence-electron chi connectivity index (χ2n) is 3.01. The van der Waals surface area contributed by atoms with Gasteiger partial charge in [-0.05, 0) is 31.2 Å². The highest BCUT2D eigenvalue weighted by atomic mass is 32.2. The van der Waals surface area contributed by atoms with Crippen molar-refractivity contribution in [3.63, 3.8) is 0 Å². The molecule has 2 nitrogen and oxygen atoms in total. The molecule has 0 amide bonds. The second kappa shape index (κ2) is 4.63. The van der Waals surface area contributed by atoms with Crippen LogP contribution in [-0.2, 0) is 0 Å². The lowest BCUT2D eigenvalue weighted by Gasteiger charge is -2.11. The molecule has 1 rings (SSSR count). The number of thioether (sulfide) groups is 1. The van der Waals surface area contributed by atoms with Crippen molar-refractivity contribution in [1.82, 2.24) is 4.98 Å². The van der Waals surface area contributed by atoms with E-state index < -0.39 is 0 Å². The fraction of sp³-hybridized carbons (Fsp3) is 0.500. The molecule has 3 heteroatoms. The Bertz CT molecular complexity index is 288. The van der Waals surface area contributed by atoms with Gasteiger partial charge in [-0.25, -0.2) is 4.98 Å². The van der Waals surface area contributed by atoms with Crippen LogP contribution in [0.25, 0.3) is 0 Å². The molecule has 1 aromatic rings. The Morgan fingerprint density at radius 2 is 2.31 bits per heavy atom. The molecule has 1 N–H and O–H groups in total. The van der Waals surface area contributed by atoms with Crippen molar-refractivity contribution in [3.05, 3.63) is 23.4 Å². The number of aryl methyl sites for hydroxylation is 1. The average Bonchev–Trinajstić information content (AvgIpc) is 2.16. The van der Waals surface area contributed by atoms with Gasteiger partial charge in [0, 0.05) is 11.8 Å². The molecule has 0 aromatic carbocycles. The Morgan fingerprint density at radius 1 is 1.62 bits per heavy atom.